The molecule has 2 aromatic carbocycles. The molecule has 0 heterocycles. The average Bonchev–Trinajstić information content (AvgIpc) is 2.53. The highest BCUT2D eigenvalue weighted by Crippen LogP contribution is 2.24. The van der Waals surface area contributed by atoms with Crippen molar-refractivity contribution in [1.29, 1.82) is 0 Å². The Balaban J connectivity index is 1.75. The summed E-state index contributed by atoms with van der Waals surface area (Å²) in [7, 11) is 0. The Hall–Kier alpha value is -1.81. The second-order valence-corrected chi connectivity index (χ2v) is 5.80. The number of para-hydroxylation sites is 2. The van der Waals surface area contributed by atoms with Gasteiger partial charge < -0.3 is 10.1 Å². The molecule has 0 atom stereocenters. The van der Waals surface area contributed by atoms with E-state index in [-0.39, 0.29) is 5.91 Å². The quantitative estimate of drug-likeness (QED) is 0.718. The number of anilines is 1. The Morgan fingerprint density at radius 3 is 2.64 bits per heavy atom. The number of ether oxygens (including phenoxy) is 1. The van der Waals surface area contributed by atoms with E-state index in [4.69, 9.17) is 4.74 Å². The lowest BCUT2D eigenvalue weighted by Crippen LogP contribution is -2.14. The third kappa shape index (κ3) is 4.88. The van der Waals surface area contributed by atoms with Crippen LogP contribution in [0.4, 0.5) is 5.69 Å². The fourth-order valence-electron chi connectivity index (χ4n) is 2.14. The second-order valence-electron chi connectivity index (χ2n) is 4.94. The number of hydrogen-bond donors (Lipinski definition) is 1. The first kappa shape index (κ1) is 16.6. The van der Waals surface area contributed by atoms with Gasteiger partial charge in [-0.1, -0.05) is 37.3 Å². The van der Waals surface area contributed by atoms with Gasteiger partial charge in [0.1, 0.15) is 5.75 Å². The van der Waals surface area contributed by atoms with Crippen LogP contribution in [0.3, 0.4) is 0 Å². The topological polar surface area (TPSA) is 38.3 Å². The summed E-state index contributed by atoms with van der Waals surface area (Å²) in [5, 5.41) is 2.97. The lowest BCUT2D eigenvalue weighted by atomic mass is 10.1. The van der Waals surface area contributed by atoms with Gasteiger partial charge in [0.05, 0.1) is 11.1 Å². The summed E-state index contributed by atoms with van der Waals surface area (Å²) in [6, 6.07) is 15.6. The summed E-state index contributed by atoms with van der Waals surface area (Å²) in [6.07, 6.45) is 2.03. The zero-order valence-electron chi connectivity index (χ0n) is 12.6. The molecule has 0 aliphatic heterocycles. The molecule has 0 radical (unpaired) electrons. The summed E-state index contributed by atoms with van der Waals surface area (Å²) < 4.78 is 6.58. The van der Waals surface area contributed by atoms with Gasteiger partial charge in [0.2, 0.25) is 5.91 Å². The maximum absolute atomic E-state index is 12.0. The molecule has 22 heavy (non-hydrogen) atoms. The maximum atomic E-state index is 12.0. The largest absolute Gasteiger partial charge is 0.492 e. The number of amides is 1. The van der Waals surface area contributed by atoms with Crippen molar-refractivity contribution in [2.24, 2.45) is 0 Å². The zero-order chi connectivity index (χ0) is 15.8. The van der Waals surface area contributed by atoms with Gasteiger partial charge in [0.15, 0.2) is 0 Å². The van der Waals surface area contributed by atoms with Gasteiger partial charge >= 0.3 is 0 Å². The average molecular weight is 362 g/mol. The maximum Gasteiger partial charge on any atom is 0.224 e. The zero-order valence-corrected chi connectivity index (χ0v) is 14.2. The molecule has 2 aromatic rings. The Labute approximate surface area is 139 Å². The summed E-state index contributed by atoms with van der Waals surface area (Å²) in [6.45, 7) is 2.60. The fraction of sp³-hybridized carbons (Fsp3) is 0.278. The number of halogens is 1. The van der Waals surface area contributed by atoms with Crippen LogP contribution in [0.15, 0.2) is 53.0 Å². The minimum absolute atomic E-state index is 0.0247. The number of nitrogens with one attached hydrogen (secondary N) is 1. The van der Waals surface area contributed by atoms with Crippen LogP contribution in [0.5, 0.6) is 5.75 Å². The fourth-order valence-corrected chi connectivity index (χ4v) is 2.54. The van der Waals surface area contributed by atoms with Crippen LogP contribution in [0.1, 0.15) is 25.3 Å². The van der Waals surface area contributed by atoms with Crippen molar-refractivity contribution in [3.8, 4) is 5.75 Å². The number of carbonyl (C=O) groups excluding carboxylic acids is 1. The first-order valence-corrected chi connectivity index (χ1v) is 8.25. The van der Waals surface area contributed by atoms with Gasteiger partial charge in [-0.05, 0) is 52.5 Å². The van der Waals surface area contributed by atoms with Crippen LogP contribution < -0.4 is 10.1 Å². The van der Waals surface area contributed by atoms with Crippen LogP contribution in [0, 0.1) is 0 Å². The molecule has 0 unspecified atom stereocenters. The van der Waals surface area contributed by atoms with Crippen molar-refractivity contribution in [3.05, 3.63) is 58.6 Å². The number of carbonyl (C=O) groups is 1. The molecule has 0 bridgehead atoms. The van der Waals surface area contributed by atoms with Crippen molar-refractivity contribution in [2.75, 3.05) is 11.9 Å². The van der Waals surface area contributed by atoms with E-state index in [1.165, 1.54) is 0 Å². The molecule has 0 saturated heterocycles. The van der Waals surface area contributed by atoms with Crippen molar-refractivity contribution in [2.45, 2.75) is 26.2 Å². The number of benzene rings is 2. The van der Waals surface area contributed by atoms with Crippen LogP contribution in [-0.4, -0.2) is 12.5 Å². The van der Waals surface area contributed by atoms with E-state index in [1.807, 2.05) is 48.5 Å². The van der Waals surface area contributed by atoms with Gasteiger partial charge in [-0.3, -0.25) is 4.79 Å². The Morgan fingerprint density at radius 2 is 1.86 bits per heavy atom. The van der Waals surface area contributed by atoms with Crippen molar-refractivity contribution in [3.63, 3.8) is 0 Å². The Kier molecular flexibility index (Phi) is 6.46. The molecule has 4 heteroatoms. The first-order chi connectivity index (χ1) is 10.7. The van der Waals surface area contributed by atoms with E-state index in [0.717, 1.165) is 27.9 Å². The summed E-state index contributed by atoms with van der Waals surface area (Å²) in [5.74, 6) is 0.830. The molecule has 0 aliphatic rings. The molecule has 0 aliphatic carbocycles. The Morgan fingerprint density at radius 1 is 1.14 bits per heavy atom. The third-order valence-corrected chi connectivity index (χ3v) is 3.97. The predicted octanol–water partition coefficient (Wildman–Crippen LogP) is 4.81. The van der Waals surface area contributed by atoms with Crippen LogP contribution in [0.25, 0.3) is 0 Å². The molecule has 3 nitrogen and oxygen atoms in total. The van der Waals surface area contributed by atoms with Gasteiger partial charge in [-0.15, -0.1) is 0 Å². The first-order valence-electron chi connectivity index (χ1n) is 7.45. The molecule has 116 valence electrons. The normalized spacial score (nSPS) is 10.3. The summed E-state index contributed by atoms with van der Waals surface area (Å²) in [4.78, 5) is 12.0. The molecule has 0 spiro atoms. The monoisotopic (exact) mass is 361 g/mol. The third-order valence-electron chi connectivity index (χ3n) is 3.31. The van der Waals surface area contributed by atoms with E-state index < -0.39 is 0 Å². The molecular weight excluding hydrogens is 342 g/mol. The summed E-state index contributed by atoms with van der Waals surface area (Å²) >= 11 is 3.43. The predicted molar refractivity (Wildman–Crippen MR) is 93.3 cm³/mol. The summed E-state index contributed by atoms with van der Waals surface area (Å²) in [5.41, 5.74) is 2.06. The molecule has 1 amide bonds. The van der Waals surface area contributed by atoms with Crippen LogP contribution in [-0.2, 0) is 11.2 Å². The highest BCUT2D eigenvalue weighted by atomic mass is 79.9. The molecule has 1 N–H and O–H groups in total. The number of hydrogen-bond acceptors (Lipinski definition) is 2. The lowest BCUT2D eigenvalue weighted by Gasteiger charge is -2.10. The van der Waals surface area contributed by atoms with Crippen LogP contribution >= 0.6 is 15.9 Å². The minimum Gasteiger partial charge on any atom is -0.492 e. The highest BCUT2D eigenvalue weighted by molar-refractivity contribution is 9.10. The van der Waals surface area contributed by atoms with Gasteiger partial charge in [0.25, 0.3) is 0 Å². The van der Waals surface area contributed by atoms with Crippen LogP contribution in [0.2, 0.25) is 0 Å². The van der Waals surface area contributed by atoms with Crippen molar-refractivity contribution in [1.82, 2.24) is 0 Å². The van der Waals surface area contributed by atoms with Crippen molar-refractivity contribution < 1.29 is 9.53 Å². The van der Waals surface area contributed by atoms with Gasteiger partial charge in [-0.25, -0.2) is 0 Å². The van der Waals surface area contributed by atoms with E-state index in [1.54, 1.807) is 0 Å². The number of aryl methyl sites for hydroxylation is 1. The smallest absolute Gasteiger partial charge is 0.224 e. The van der Waals surface area contributed by atoms with Gasteiger partial charge in [0, 0.05) is 12.1 Å². The van der Waals surface area contributed by atoms with Gasteiger partial charge in [-0.2, -0.15) is 0 Å². The Bertz CT molecular complexity index is 628. The minimum atomic E-state index is 0.0247. The van der Waals surface area contributed by atoms with Crippen molar-refractivity contribution >= 4 is 27.5 Å². The van der Waals surface area contributed by atoms with E-state index in [9.17, 15) is 4.79 Å². The highest BCUT2D eigenvalue weighted by Gasteiger charge is 2.06. The lowest BCUT2D eigenvalue weighted by molar-refractivity contribution is -0.116. The molecular formula is C18H20BrNO2. The van der Waals surface area contributed by atoms with E-state index >= 15 is 0 Å². The van der Waals surface area contributed by atoms with E-state index in [2.05, 4.69) is 28.2 Å². The van der Waals surface area contributed by atoms with E-state index in [0.29, 0.717) is 19.4 Å². The SMILES string of the molecule is CCc1ccccc1NC(=O)CCCOc1ccccc1Br. The second kappa shape index (κ2) is 8.59. The molecule has 0 aromatic heterocycles. The molecule has 0 fully saturated rings. The molecule has 2 rings (SSSR count). The number of rotatable bonds is 7. The molecule has 0 saturated carbocycles. The standard InChI is InChI=1S/C18H20BrNO2/c1-2-14-8-3-5-10-16(14)20-18(21)12-7-13-22-17-11-6-4-9-15(17)19/h3-6,8-11H,2,7,12-13H2,1H3,(H,20,21).